The summed E-state index contributed by atoms with van der Waals surface area (Å²) in [6, 6.07) is 8.14. The molecule has 0 saturated carbocycles. The molecule has 1 rings (SSSR count). The van der Waals surface area contributed by atoms with Crippen molar-refractivity contribution in [2.45, 2.75) is 43.4 Å². The van der Waals surface area contributed by atoms with E-state index in [4.69, 9.17) is 4.18 Å². The largest absolute Gasteiger partial charge is 0.296 e. The van der Waals surface area contributed by atoms with E-state index in [2.05, 4.69) is 0 Å². The number of hydrogen-bond donors (Lipinski definition) is 0. The molecular weight excluding hydrogens is 267 g/mol. The lowest BCUT2D eigenvalue weighted by atomic mass is 10.1. The maximum absolute atomic E-state index is 11.8. The number of rotatable bonds is 10. The molecule has 0 amide bonds. The fourth-order valence-electron chi connectivity index (χ4n) is 1.73. The normalized spacial score (nSPS) is 11.6. The summed E-state index contributed by atoms with van der Waals surface area (Å²) in [6.45, 7) is -0.0429. The molecule has 0 heterocycles. The lowest BCUT2D eigenvalue weighted by molar-refractivity contribution is 0.306. The van der Waals surface area contributed by atoms with Crippen LogP contribution in [0.1, 0.15) is 38.5 Å². The maximum atomic E-state index is 11.8. The predicted octanol–water partition coefficient (Wildman–Crippen LogP) is 3.70. The van der Waals surface area contributed by atoms with Crippen LogP contribution in [-0.4, -0.2) is 21.7 Å². The van der Waals surface area contributed by atoms with E-state index in [9.17, 15) is 12.8 Å². The van der Waals surface area contributed by atoms with E-state index in [1.54, 1.807) is 18.2 Å². The zero-order valence-electron chi connectivity index (χ0n) is 11.1. The average molecular weight is 288 g/mol. The van der Waals surface area contributed by atoms with Gasteiger partial charge in [-0.25, -0.2) is 0 Å². The van der Waals surface area contributed by atoms with Crippen LogP contribution in [0.2, 0.25) is 0 Å². The van der Waals surface area contributed by atoms with E-state index in [1.165, 1.54) is 12.1 Å². The quantitative estimate of drug-likeness (QED) is 0.487. The number of unbranched alkanes of at least 4 members (excludes halogenated alkanes) is 5. The van der Waals surface area contributed by atoms with Crippen molar-refractivity contribution in [1.29, 1.82) is 0 Å². The van der Waals surface area contributed by atoms with Gasteiger partial charge >= 0.3 is 0 Å². The Kier molecular flexibility index (Phi) is 7.67. The third-order valence-corrected chi connectivity index (χ3v) is 4.12. The van der Waals surface area contributed by atoms with Gasteiger partial charge in [0, 0.05) is 0 Å². The van der Waals surface area contributed by atoms with Crippen molar-refractivity contribution >= 4 is 10.1 Å². The summed E-state index contributed by atoms with van der Waals surface area (Å²) in [5.41, 5.74) is 0. The Morgan fingerprint density at radius 3 is 2.11 bits per heavy atom. The van der Waals surface area contributed by atoms with Crippen LogP contribution in [0.4, 0.5) is 4.39 Å². The number of hydrogen-bond acceptors (Lipinski definition) is 3. The van der Waals surface area contributed by atoms with Crippen molar-refractivity contribution < 1.29 is 17.0 Å². The monoisotopic (exact) mass is 288 g/mol. The standard InChI is InChI=1S/C14H21FO3S/c15-12-8-3-1-2-4-9-13-18-19(16,17)14-10-6-5-7-11-14/h5-7,10-11H,1-4,8-9,12-13H2. The molecule has 0 aliphatic heterocycles. The van der Waals surface area contributed by atoms with Crippen molar-refractivity contribution in [3.8, 4) is 0 Å². The van der Waals surface area contributed by atoms with Gasteiger partial charge < -0.3 is 0 Å². The van der Waals surface area contributed by atoms with Gasteiger partial charge in [0.05, 0.1) is 18.2 Å². The predicted molar refractivity (Wildman–Crippen MR) is 73.3 cm³/mol. The van der Waals surface area contributed by atoms with E-state index >= 15 is 0 Å². The van der Waals surface area contributed by atoms with Crippen LogP contribution in [-0.2, 0) is 14.3 Å². The third-order valence-electron chi connectivity index (χ3n) is 2.80. The SMILES string of the molecule is O=S(=O)(OCCCCCCCCF)c1ccccc1. The van der Waals surface area contributed by atoms with Gasteiger partial charge in [-0.2, -0.15) is 8.42 Å². The Bertz CT molecular complexity index is 431. The van der Waals surface area contributed by atoms with Crippen LogP contribution in [0.15, 0.2) is 35.2 Å². The first-order valence-corrected chi connectivity index (χ1v) is 8.08. The molecule has 0 unspecified atom stereocenters. The molecule has 1 aromatic carbocycles. The smallest absolute Gasteiger partial charge is 0.266 e. The highest BCUT2D eigenvalue weighted by molar-refractivity contribution is 7.86. The summed E-state index contributed by atoms with van der Waals surface area (Å²) in [7, 11) is -3.61. The molecule has 0 fully saturated rings. The fourth-order valence-corrected chi connectivity index (χ4v) is 2.69. The van der Waals surface area contributed by atoms with Crippen LogP contribution in [0.5, 0.6) is 0 Å². The van der Waals surface area contributed by atoms with Gasteiger partial charge in [0.1, 0.15) is 0 Å². The highest BCUT2D eigenvalue weighted by Crippen LogP contribution is 2.12. The second kappa shape index (κ2) is 9.04. The van der Waals surface area contributed by atoms with Gasteiger partial charge in [-0.3, -0.25) is 8.57 Å². The van der Waals surface area contributed by atoms with E-state index in [0.29, 0.717) is 12.8 Å². The molecular formula is C14H21FO3S. The summed E-state index contributed by atoms with van der Waals surface area (Å²) >= 11 is 0. The third kappa shape index (κ3) is 6.68. The number of alkyl halides is 1. The highest BCUT2D eigenvalue weighted by atomic mass is 32.2. The van der Waals surface area contributed by atoms with Crippen LogP contribution in [0.25, 0.3) is 0 Å². The summed E-state index contributed by atoms with van der Waals surface area (Å²) in [6.07, 6.45) is 5.14. The van der Waals surface area contributed by atoms with Crippen LogP contribution >= 0.6 is 0 Å². The van der Waals surface area contributed by atoms with Crippen molar-refractivity contribution in [2.24, 2.45) is 0 Å². The van der Waals surface area contributed by atoms with Gasteiger partial charge in [0.2, 0.25) is 0 Å². The molecule has 0 bridgehead atoms. The Labute approximate surface area is 114 Å². The summed E-state index contributed by atoms with van der Waals surface area (Å²) < 4.78 is 40.3. The Balaban J connectivity index is 2.15. The number of halogens is 1. The van der Waals surface area contributed by atoms with E-state index < -0.39 is 10.1 Å². The summed E-state index contributed by atoms with van der Waals surface area (Å²) in [5.74, 6) is 0. The van der Waals surface area contributed by atoms with Gasteiger partial charge in [-0.05, 0) is 25.0 Å². The zero-order valence-corrected chi connectivity index (χ0v) is 11.9. The molecule has 0 N–H and O–H groups in total. The molecule has 19 heavy (non-hydrogen) atoms. The minimum absolute atomic E-state index is 0.193. The summed E-state index contributed by atoms with van der Waals surface area (Å²) in [5, 5.41) is 0. The first-order valence-electron chi connectivity index (χ1n) is 6.67. The molecule has 0 radical (unpaired) electrons. The highest BCUT2D eigenvalue weighted by Gasteiger charge is 2.13. The Hall–Kier alpha value is -0.940. The second-order valence-corrected chi connectivity index (χ2v) is 6.01. The van der Waals surface area contributed by atoms with Gasteiger partial charge in [0.15, 0.2) is 0 Å². The molecule has 108 valence electrons. The molecule has 0 aliphatic carbocycles. The molecule has 0 aliphatic rings. The second-order valence-electron chi connectivity index (χ2n) is 4.40. The lowest BCUT2D eigenvalue weighted by Gasteiger charge is -2.05. The molecule has 3 nitrogen and oxygen atoms in total. The lowest BCUT2D eigenvalue weighted by Crippen LogP contribution is -2.07. The van der Waals surface area contributed by atoms with Crippen LogP contribution < -0.4 is 0 Å². The van der Waals surface area contributed by atoms with Crippen molar-refractivity contribution in [3.05, 3.63) is 30.3 Å². The Morgan fingerprint density at radius 2 is 1.47 bits per heavy atom. The van der Waals surface area contributed by atoms with Crippen molar-refractivity contribution in [2.75, 3.05) is 13.3 Å². The first-order chi connectivity index (χ1) is 9.17. The minimum Gasteiger partial charge on any atom is -0.266 e. The van der Waals surface area contributed by atoms with E-state index in [-0.39, 0.29) is 18.2 Å². The zero-order chi connectivity index (χ0) is 14.0. The molecule has 0 atom stereocenters. The van der Waals surface area contributed by atoms with E-state index in [0.717, 1.165) is 25.7 Å². The van der Waals surface area contributed by atoms with Crippen molar-refractivity contribution in [1.82, 2.24) is 0 Å². The topological polar surface area (TPSA) is 43.4 Å². The molecule has 1 aromatic rings. The van der Waals surface area contributed by atoms with Gasteiger partial charge in [-0.1, -0.05) is 43.9 Å². The van der Waals surface area contributed by atoms with E-state index in [1.807, 2.05) is 0 Å². The molecule has 0 aromatic heterocycles. The van der Waals surface area contributed by atoms with Crippen molar-refractivity contribution in [3.63, 3.8) is 0 Å². The number of benzene rings is 1. The maximum Gasteiger partial charge on any atom is 0.296 e. The molecule has 5 heteroatoms. The average Bonchev–Trinajstić information content (AvgIpc) is 2.43. The van der Waals surface area contributed by atoms with Crippen LogP contribution in [0.3, 0.4) is 0 Å². The fraction of sp³-hybridized carbons (Fsp3) is 0.571. The Morgan fingerprint density at radius 1 is 0.895 bits per heavy atom. The molecule has 0 spiro atoms. The molecule has 0 saturated heterocycles. The van der Waals surface area contributed by atoms with Crippen LogP contribution in [0, 0.1) is 0 Å². The van der Waals surface area contributed by atoms with Gasteiger partial charge in [-0.15, -0.1) is 0 Å². The van der Waals surface area contributed by atoms with Gasteiger partial charge in [0.25, 0.3) is 10.1 Å². The summed E-state index contributed by atoms with van der Waals surface area (Å²) in [4.78, 5) is 0.193. The minimum atomic E-state index is -3.61. The first kappa shape index (κ1) is 16.1.